The van der Waals surface area contributed by atoms with E-state index in [0.29, 0.717) is 31.6 Å². The molecule has 0 aliphatic carbocycles. The molecule has 0 unspecified atom stereocenters. The van der Waals surface area contributed by atoms with Crippen molar-refractivity contribution >= 4 is 6.29 Å². The van der Waals surface area contributed by atoms with Gasteiger partial charge in [-0.15, -0.1) is 19.6 Å². The SMILES string of the molecule is C#CCOCOC.C=CCc1c(C=O)cccc1OC.C=CCc1c(CC#CCOCOC)cccc1OC. The third kappa shape index (κ3) is 15.2. The van der Waals surface area contributed by atoms with E-state index in [1.54, 1.807) is 46.6 Å². The lowest BCUT2D eigenvalue weighted by Gasteiger charge is -2.10. The highest BCUT2D eigenvalue weighted by molar-refractivity contribution is 5.78. The molecule has 0 radical (unpaired) electrons. The molecule has 0 fully saturated rings. The Morgan fingerprint density at radius 3 is 1.90 bits per heavy atom. The smallest absolute Gasteiger partial charge is 0.150 e. The second-order valence-electron chi connectivity index (χ2n) is 7.47. The number of ether oxygens (including phenoxy) is 6. The number of methoxy groups -OCH3 is 4. The zero-order valence-corrected chi connectivity index (χ0v) is 23.5. The van der Waals surface area contributed by atoms with Gasteiger partial charge in [0.05, 0.1) is 14.2 Å². The maximum Gasteiger partial charge on any atom is 0.150 e. The van der Waals surface area contributed by atoms with Crippen molar-refractivity contribution in [2.75, 3.05) is 55.2 Å². The van der Waals surface area contributed by atoms with E-state index in [1.807, 2.05) is 24.3 Å². The van der Waals surface area contributed by atoms with Gasteiger partial charge in [0.25, 0.3) is 0 Å². The summed E-state index contributed by atoms with van der Waals surface area (Å²) in [7, 11) is 6.41. The second kappa shape index (κ2) is 24.5. The third-order valence-electron chi connectivity index (χ3n) is 4.83. The molecule has 0 spiro atoms. The summed E-state index contributed by atoms with van der Waals surface area (Å²) in [6.45, 7) is 8.68. The molecule has 0 N–H and O–H groups in total. The van der Waals surface area contributed by atoms with Gasteiger partial charge >= 0.3 is 0 Å². The van der Waals surface area contributed by atoms with Crippen molar-refractivity contribution in [3.63, 3.8) is 0 Å². The van der Waals surface area contributed by atoms with Gasteiger partial charge in [-0.1, -0.05) is 54.2 Å². The molecule has 0 heterocycles. The largest absolute Gasteiger partial charge is 0.496 e. The van der Waals surface area contributed by atoms with Gasteiger partial charge in [0, 0.05) is 37.3 Å². The second-order valence-corrected chi connectivity index (χ2v) is 7.47. The van der Waals surface area contributed by atoms with Crippen LogP contribution in [0.3, 0.4) is 0 Å². The fourth-order valence-electron chi connectivity index (χ4n) is 3.16. The van der Waals surface area contributed by atoms with Gasteiger partial charge in [-0.2, -0.15) is 0 Å². The summed E-state index contributed by atoms with van der Waals surface area (Å²) in [5.41, 5.74) is 3.87. The summed E-state index contributed by atoms with van der Waals surface area (Å²) >= 11 is 0. The standard InChI is InChI=1S/C16H20O3.C11H12O2.C5H8O2/c1-4-8-15-14(10-7-11-16(15)18-3)9-5-6-12-19-13-17-2;1-3-5-10-9(8-12)6-4-7-11(10)13-2;1-3-4-7-5-6-2/h4,7,10-11H,1,8-9,12-13H2,2-3H3;3-4,6-8H,1,5H2,2H3;1H,4-5H2,2H3. The maximum atomic E-state index is 10.7. The number of benzene rings is 2. The van der Waals surface area contributed by atoms with Gasteiger partial charge < -0.3 is 28.4 Å². The molecule has 2 aromatic rings. The number of carbonyl (C=O) groups is 1. The van der Waals surface area contributed by atoms with Gasteiger partial charge in [0.1, 0.15) is 44.6 Å². The van der Waals surface area contributed by atoms with Crippen LogP contribution in [-0.4, -0.2) is 61.5 Å². The lowest BCUT2D eigenvalue weighted by atomic mass is 10.0. The summed E-state index contributed by atoms with van der Waals surface area (Å²) in [6, 6.07) is 11.4. The van der Waals surface area contributed by atoms with E-state index >= 15 is 0 Å². The predicted octanol–water partition coefficient (Wildman–Crippen LogP) is 5.07. The molecule has 0 aliphatic rings. The van der Waals surface area contributed by atoms with Gasteiger partial charge in [-0.05, 0) is 30.5 Å². The van der Waals surface area contributed by atoms with Crippen LogP contribution in [0.2, 0.25) is 0 Å². The minimum absolute atomic E-state index is 0.273. The highest BCUT2D eigenvalue weighted by Crippen LogP contribution is 2.23. The van der Waals surface area contributed by atoms with Crippen molar-refractivity contribution in [1.29, 1.82) is 0 Å². The van der Waals surface area contributed by atoms with Crippen LogP contribution >= 0.6 is 0 Å². The van der Waals surface area contributed by atoms with Crippen molar-refractivity contribution in [3.8, 4) is 35.7 Å². The average Bonchev–Trinajstić information content (AvgIpc) is 2.97. The first-order valence-electron chi connectivity index (χ1n) is 12.1. The Balaban J connectivity index is 0.000000622. The molecule has 7 heteroatoms. The molecule has 2 rings (SSSR count). The molecular weight excluding hydrogens is 496 g/mol. The quantitative estimate of drug-likeness (QED) is 0.110. The molecule has 39 heavy (non-hydrogen) atoms. The van der Waals surface area contributed by atoms with Crippen LogP contribution in [0.1, 0.15) is 27.0 Å². The molecule has 2 aromatic carbocycles. The van der Waals surface area contributed by atoms with Crippen LogP contribution in [0.25, 0.3) is 0 Å². The van der Waals surface area contributed by atoms with Crippen LogP contribution in [0, 0.1) is 24.2 Å². The summed E-state index contributed by atoms with van der Waals surface area (Å²) in [6.07, 6.45) is 11.4. The monoisotopic (exact) mass is 536 g/mol. The molecule has 0 amide bonds. The summed E-state index contributed by atoms with van der Waals surface area (Å²) in [5, 5.41) is 0. The molecule has 0 saturated carbocycles. The van der Waals surface area contributed by atoms with Crippen molar-refractivity contribution in [2.24, 2.45) is 0 Å². The Morgan fingerprint density at radius 1 is 0.795 bits per heavy atom. The lowest BCUT2D eigenvalue weighted by Crippen LogP contribution is -1.98. The molecule has 0 aliphatic heterocycles. The third-order valence-corrected chi connectivity index (χ3v) is 4.83. The molecule has 0 aromatic heterocycles. The van der Waals surface area contributed by atoms with Gasteiger partial charge in [-0.3, -0.25) is 4.79 Å². The molecule has 0 saturated heterocycles. The number of allylic oxidation sites excluding steroid dienone is 2. The van der Waals surface area contributed by atoms with Crippen molar-refractivity contribution in [1.82, 2.24) is 0 Å². The van der Waals surface area contributed by atoms with E-state index < -0.39 is 0 Å². The Morgan fingerprint density at radius 2 is 1.36 bits per heavy atom. The molecule has 7 nitrogen and oxygen atoms in total. The Kier molecular flexibility index (Phi) is 22.1. The van der Waals surface area contributed by atoms with E-state index in [4.69, 9.17) is 25.4 Å². The molecule has 210 valence electrons. The minimum atomic E-state index is 0.273. The van der Waals surface area contributed by atoms with E-state index in [2.05, 4.69) is 46.5 Å². The fraction of sp³-hybridized carbons (Fsp3) is 0.344. The lowest BCUT2D eigenvalue weighted by molar-refractivity contribution is -0.0167. The maximum absolute atomic E-state index is 10.7. The number of rotatable bonds is 14. The van der Waals surface area contributed by atoms with E-state index in [-0.39, 0.29) is 13.6 Å². The first-order valence-corrected chi connectivity index (χ1v) is 12.1. The molecule has 0 atom stereocenters. The highest BCUT2D eigenvalue weighted by Gasteiger charge is 2.06. The summed E-state index contributed by atoms with van der Waals surface area (Å²) in [5.74, 6) is 9.97. The van der Waals surface area contributed by atoms with E-state index in [0.717, 1.165) is 35.3 Å². The predicted molar refractivity (Wildman–Crippen MR) is 155 cm³/mol. The van der Waals surface area contributed by atoms with Crippen LogP contribution in [0.5, 0.6) is 11.5 Å². The normalized spacial score (nSPS) is 9.21. The van der Waals surface area contributed by atoms with Crippen molar-refractivity contribution in [3.05, 3.63) is 84.0 Å². The van der Waals surface area contributed by atoms with Crippen LogP contribution in [-0.2, 0) is 38.2 Å². The first-order chi connectivity index (χ1) is 19.1. The van der Waals surface area contributed by atoms with Gasteiger partial charge in [0.2, 0.25) is 0 Å². The Labute approximate surface area is 233 Å². The fourth-order valence-corrected chi connectivity index (χ4v) is 3.16. The number of hydrogen-bond donors (Lipinski definition) is 0. The first kappa shape index (κ1) is 35.2. The average molecular weight is 537 g/mol. The Bertz CT molecular complexity index is 1070. The number of terminal acetylenes is 1. The van der Waals surface area contributed by atoms with Crippen molar-refractivity contribution in [2.45, 2.75) is 19.3 Å². The summed E-state index contributed by atoms with van der Waals surface area (Å²) in [4.78, 5) is 10.7. The van der Waals surface area contributed by atoms with Crippen LogP contribution < -0.4 is 9.47 Å². The highest BCUT2D eigenvalue weighted by atomic mass is 16.7. The molecular formula is C32H40O7. The van der Waals surface area contributed by atoms with E-state index in [1.165, 1.54) is 5.56 Å². The zero-order chi connectivity index (χ0) is 29.1. The van der Waals surface area contributed by atoms with Gasteiger partial charge in [-0.25, -0.2) is 0 Å². The number of carbonyl (C=O) groups excluding carboxylic acids is 1. The van der Waals surface area contributed by atoms with Crippen LogP contribution in [0.4, 0.5) is 0 Å². The Hall–Kier alpha value is -3.85. The summed E-state index contributed by atoms with van der Waals surface area (Å²) < 4.78 is 29.6. The molecule has 0 bridgehead atoms. The zero-order valence-electron chi connectivity index (χ0n) is 23.5. The van der Waals surface area contributed by atoms with Crippen molar-refractivity contribution < 1.29 is 33.2 Å². The number of hydrogen-bond acceptors (Lipinski definition) is 7. The van der Waals surface area contributed by atoms with E-state index in [9.17, 15) is 4.79 Å². The van der Waals surface area contributed by atoms with Gasteiger partial charge in [0.15, 0.2) is 0 Å². The minimum Gasteiger partial charge on any atom is -0.496 e. The van der Waals surface area contributed by atoms with Crippen LogP contribution in [0.15, 0.2) is 61.7 Å². The topological polar surface area (TPSA) is 72.5 Å². The number of aldehydes is 1.